The highest BCUT2D eigenvalue weighted by atomic mass is 79.9. The minimum atomic E-state index is -0.496. The number of benzene rings is 1. The first-order valence-electron chi connectivity index (χ1n) is 5.15. The van der Waals surface area contributed by atoms with E-state index in [0.29, 0.717) is 9.86 Å². The highest BCUT2D eigenvalue weighted by Gasteiger charge is 2.15. The molecule has 18 heavy (non-hydrogen) atoms. The molecule has 0 fully saturated rings. The van der Waals surface area contributed by atoms with E-state index in [-0.39, 0.29) is 5.82 Å². The number of pyridine rings is 1. The topological polar surface area (TPSA) is 12.9 Å². The van der Waals surface area contributed by atoms with Crippen LogP contribution in [0.4, 0.5) is 8.78 Å². The Morgan fingerprint density at radius 1 is 1.06 bits per heavy atom. The lowest BCUT2D eigenvalue weighted by Crippen LogP contribution is -1.81. The van der Waals surface area contributed by atoms with Gasteiger partial charge in [-0.15, -0.1) is 11.3 Å². The third-order valence-electron chi connectivity index (χ3n) is 2.60. The van der Waals surface area contributed by atoms with Gasteiger partial charge in [0.25, 0.3) is 0 Å². The highest BCUT2D eigenvalue weighted by molar-refractivity contribution is 9.10. The summed E-state index contributed by atoms with van der Waals surface area (Å²) in [4.78, 5) is 4.51. The first kappa shape index (κ1) is 11.7. The van der Waals surface area contributed by atoms with Crippen molar-refractivity contribution in [1.29, 1.82) is 0 Å². The van der Waals surface area contributed by atoms with Crippen molar-refractivity contribution >= 4 is 37.4 Å². The average Bonchev–Trinajstić information content (AvgIpc) is 2.69. The summed E-state index contributed by atoms with van der Waals surface area (Å²) < 4.78 is 28.0. The summed E-state index contributed by atoms with van der Waals surface area (Å²) in [6.45, 7) is 0. The summed E-state index contributed by atoms with van der Waals surface area (Å²) in [6.07, 6.45) is 1.44. The molecule has 3 aromatic rings. The van der Waals surface area contributed by atoms with Crippen molar-refractivity contribution < 1.29 is 8.78 Å². The Morgan fingerprint density at radius 3 is 2.44 bits per heavy atom. The van der Waals surface area contributed by atoms with Gasteiger partial charge in [0.2, 0.25) is 5.95 Å². The SMILES string of the molecule is Fc1ccc(-c2sc3ccnc(F)c3c2Br)cc1. The Balaban J connectivity index is 2.27. The molecule has 5 heteroatoms. The number of thiophene rings is 1. The minimum absolute atomic E-state index is 0.288. The van der Waals surface area contributed by atoms with Crippen LogP contribution in [0.1, 0.15) is 0 Å². The van der Waals surface area contributed by atoms with Crippen LogP contribution in [0.2, 0.25) is 0 Å². The van der Waals surface area contributed by atoms with Gasteiger partial charge >= 0.3 is 0 Å². The maximum absolute atomic E-state index is 13.6. The zero-order valence-electron chi connectivity index (χ0n) is 8.95. The molecule has 0 unspecified atom stereocenters. The summed E-state index contributed by atoms with van der Waals surface area (Å²) in [5.41, 5.74) is 0.851. The lowest BCUT2D eigenvalue weighted by molar-refractivity contribution is 0.596. The Labute approximate surface area is 114 Å². The van der Waals surface area contributed by atoms with Crippen molar-refractivity contribution in [3.05, 3.63) is 52.8 Å². The van der Waals surface area contributed by atoms with Crippen molar-refractivity contribution in [2.75, 3.05) is 0 Å². The summed E-state index contributed by atoms with van der Waals surface area (Å²) in [5.74, 6) is -0.784. The zero-order chi connectivity index (χ0) is 12.7. The van der Waals surface area contributed by atoms with Crippen molar-refractivity contribution in [1.82, 2.24) is 4.98 Å². The van der Waals surface area contributed by atoms with Crippen LogP contribution in [0, 0.1) is 11.8 Å². The fraction of sp³-hybridized carbons (Fsp3) is 0. The van der Waals surface area contributed by atoms with Gasteiger partial charge in [-0.1, -0.05) is 12.1 Å². The third kappa shape index (κ3) is 1.83. The molecule has 3 rings (SSSR count). The van der Waals surface area contributed by atoms with Crippen molar-refractivity contribution in [3.63, 3.8) is 0 Å². The zero-order valence-corrected chi connectivity index (χ0v) is 11.4. The maximum atomic E-state index is 13.6. The molecule has 0 radical (unpaired) electrons. The molecule has 0 spiro atoms. The molecule has 2 aromatic heterocycles. The van der Waals surface area contributed by atoms with Gasteiger partial charge in [0.1, 0.15) is 5.82 Å². The molecule has 0 aliphatic heterocycles. The molecular formula is C13H6BrF2NS. The van der Waals surface area contributed by atoms with Gasteiger partial charge in [-0.05, 0) is 39.7 Å². The largest absolute Gasteiger partial charge is 0.228 e. The second-order valence-electron chi connectivity index (χ2n) is 3.73. The molecule has 0 amide bonds. The standard InChI is InChI=1S/C13H6BrF2NS/c14-11-10-9(5-6-17-13(10)16)18-12(11)7-1-3-8(15)4-2-7/h1-6H. The second kappa shape index (κ2) is 4.40. The number of hydrogen-bond acceptors (Lipinski definition) is 2. The molecule has 0 N–H and O–H groups in total. The number of aromatic nitrogens is 1. The summed E-state index contributed by atoms with van der Waals surface area (Å²) in [6, 6.07) is 7.90. The van der Waals surface area contributed by atoms with Gasteiger partial charge in [-0.3, -0.25) is 0 Å². The number of hydrogen-bond donors (Lipinski definition) is 0. The average molecular weight is 326 g/mol. The summed E-state index contributed by atoms with van der Waals surface area (Å²) in [5, 5.41) is 0.474. The first-order chi connectivity index (χ1) is 8.66. The molecule has 0 saturated heterocycles. The molecule has 0 atom stereocenters. The molecular weight excluding hydrogens is 320 g/mol. The summed E-state index contributed by atoms with van der Waals surface area (Å²) in [7, 11) is 0. The van der Waals surface area contributed by atoms with E-state index >= 15 is 0 Å². The van der Waals surface area contributed by atoms with Gasteiger partial charge < -0.3 is 0 Å². The minimum Gasteiger partial charge on any atom is -0.228 e. The van der Waals surface area contributed by atoms with E-state index in [0.717, 1.165) is 15.1 Å². The quantitative estimate of drug-likeness (QED) is 0.573. The van der Waals surface area contributed by atoms with Crippen LogP contribution < -0.4 is 0 Å². The van der Waals surface area contributed by atoms with Gasteiger partial charge in [0.15, 0.2) is 0 Å². The van der Waals surface area contributed by atoms with Crippen molar-refractivity contribution in [3.8, 4) is 10.4 Å². The Hall–Kier alpha value is -1.33. The van der Waals surface area contributed by atoms with Crippen molar-refractivity contribution in [2.45, 2.75) is 0 Å². The predicted molar refractivity (Wildman–Crippen MR) is 72.7 cm³/mol. The fourth-order valence-corrected chi connectivity index (χ4v) is 3.82. The molecule has 90 valence electrons. The van der Waals surface area contributed by atoms with Crippen LogP contribution in [0.15, 0.2) is 41.0 Å². The Bertz CT molecular complexity index is 722. The van der Waals surface area contributed by atoms with E-state index in [1.54, 1.807) is 18.2 Å². The first-order valence-corrected chi connectivity index (χ1v) is 6.76. The van der Waals surface area contributed by atoms with E-state index in [1.807, 2.05) is 0 Å². The van der Waals surface area contributed by atoms with Crippen LogP contribution >= 0.6 is 27.3 Å². The van der Waals surface area contributed by atoms with Gasteiger partial charge in [-0.2, -0.15) is 4.39 Å². The number of rotatable bonds is 1. The van der Waals surface area contributed by atoms with Crippen LogP contribution in [-0.4, -0.2) is 4.98 Å². The molecule has 0 saturated carbocycles. The van der Waals surface area contributed by atoms with E-state index in [1.165, 1.54) is 29.7 Å². The molecule has 1 aromatic carbocycles. The lowest BCUT2D eigenvalue weighted by atomic mass is 10.2. The van der Waals surface area contributed by atoms with Gasteiger partial charge in [-0.25, -0.2) is 9.37 Å². The van der Waals surface area contributed by atoms with Crippen molar-refractivity contribution in [2.24, 2.45) is 0 Å². The second-order valence-corrected chi connectivity index (χ2v) is 5.57. The number of halogens is 3. The molecule has 1 nitrogen and oxygen atoms in total. The third-order valence-corrected chi connectivity index (χ3v) is 4.86. The van der Waals surface area contributed by atoms with E-state index in [2.05, 4.69) is 20.9 Å². The Morgan fingerprint density at radius 2 is 1.78 bits per heavy atom. The van der Waals surface area contributed by atoms with E-state index < -0.39 is 5.95 Å². The molecule has 0 aliphatic rings. The van der Waals surface area contributed by atoms with Crippen LogP contribution in [-0.2, 0) is 0 Å². The predicted octanol–water partition coefficient (Wildman–Crippen LogP) is 5.00. The molecule has 2 heterocycles. The fourth-order valence-electron chi connectivity index (χ4n) is 1.76. The van der Waals surface area contributed by atoms with Gasteiger partial charge in [0, 0.05) is 20.2 Å². The molecule has 0 aliphatic carbocycles. The monoisotopic (exact) mass is 325 g/mol. The normalized spacial score (nSPS) is 11.1. The Kier molecular flexibility index (Phi) is 2.87. The smallest absolute Gasteiger partial charge is 0.222 e. The number of nitrogens with zero attached hydrogens (tertiary/aromatic N) is 1. The number of fused-ring (bicyclic) bond motifs is 1. The van der Waals surface area contributed by atoms with Crippen LogP contribution in [0.5, 0.6) is 0 Å². The summed E-state index contributed by atoms with van der Waals surface area (Å²) >= 11 is 4.84. The van der Waals surface area contributed by atoms with Crippen LogP contribution in [0.25, 0.3) is 20.5 Å². The van der Waals surface area contributed by atoms with E-state index in [9.17, 15) is 8.78 Å². The lowest BCUT2D eigenvalue weighted by Gasteiger charge is -1.98. The molecule has 0 bridgehead atoms. The van der Waals surface area contributed by atoms with Gasteiger partial charge in [0.05, 0.1) is 5.39 Å². The van der Waals surface area contributed by atoms with Crippen LogP contribution in [0.3, 0.4) is 0 Å². The van der Waals surface area contributed by atoms with E-state index in [4.69, 9.17) is 0 Å². The highest BCUT2D eigenvalue weighted by Crippen LogP contribution is 2.42. The maximum Gasteiger partial charge on any atom is 0.222 e.